The Morgan fingerprint density at radius 3 is 2.05 bits per heavy atom. The Labute approximate surface area is 122 Å². The Morgan fingerprint density at radius 1 is 0.950 bits per heavy atom. The van der Waals surface area contributed by atoms with Crippen molar-refractivity contribution in [1.82, 2.24) is 5.32 Å². The van der Waals surface area contributed by atoms with Crippen LogP contribution in [0.4, 0.5) is 0 Å². The molecule has 3 nitrogen and oxygen atoms in total. The lowest BCUT2D eigenvalue weighted by atomic mass is 9.97. The third-order valence-electron chi connectivity index (χ3n) is 2.88. The van der Waals surface area contributed by atoms with E-state index in [-0.39, 0.29) is 17.6 Å². The van der Waals surface area contributed by atoms with Crippen molar-refractivity contribution in [3.05, 3.63) is 71.8 Å². The number of amides is 1. The average molecular weight is 288 g/mol. The molecule has 1 amide bonds. The molecule has 20 heavy (non-hydrogen) atoms. The second kappa shape index (κ2) is 6.87. The van der Waals surface area contributed by atoms with Crippen LogP contribution in [0.15, 0.2) is 60.7 Å². The van der Waals surface area contributed by atoms with E-state index in [9.17, 15) is 9.59 Å². The largest absolute Gasteiger partial charge is 0.341 e. The molecule has 0 radical (unpaired) electrons. The quantitative estimate of drug-likeness (QED) is 0.679. The summed E-state index contributed by atoms with van der Waals surface area (Å²) < 4.78 is 0. The van der Waals surface area contributed by atoms with Crippen molar-refractivity contribution >= 4 is 23.3 Å². The number of hydrogen-bond acceptors (Lipinski definition) is 2. The molecule has 0 aliphatic heterocycles. The molecule has 2 rings (SSSR count). The van der Waals surface area contributed by atoms with Crippen molar-refractivity contribution in [2.24, 2.45) is 0 Å². The SMILES string of the molecule is O=C(CCl)NC(C(=O)c1ccccc1)c1ccccc1. The predicted octanol–water partition coefficient (Wildman–Crippen LogP) is 2.97. The summed E-state index contributed by atoms with van der Waals surface area (Å²) in [6.07, 6.45) is 0. The highest BCUT2D eigenvalue weighted by atomic mass is 35.5. The highest BCUT2D eigenvalue weighted by Crippen LogP contribution is 2.18. The summed E-state index contributed by atoms with van der Waals surface area (Å²) in [7, 11) is 0. The molecule has 4 heteroatoms. The van der Waals surface area contributed by atoms with Gasteiger partial charge in [0.1, 0.15) is 11.9 Å². The minimum atomic E-state index is -0.718. The molecule has 1 unspecified atom stereocenters. The van der Waals surface area contributed by atoms with Crippen molar-refractivity contribution in [2.45, 2.75) is 6.04 Å². The lowest BCUT2D eigenvalue weighted by Crippen LogP contribution is -2.34. The van der Waals surface area contributed by atoms with Gasteiger partial charge in [0.25, 0.3) is 0 Å². The number of nitrogens with one attached hydrogen (secondary N) is 1. The summed E-state index contributed by atoms with van der Waals surface area (Å²) in [6, 6.07) is 17.3. The van der Waals surface area contributed by atoms with E-state index in [2.05, 4.69) is 5.32 Å². The van der Waals surface area contributed by atoms with E-state index in [0.717, 1.165) is 5.56 Å². The monoisotopic (exact) mass is 287 g/mol. The molecule has 0 saturated heterocycles. The van der Waals surface area contributed by atoms with Crippen LogP contribution < -0.4 is 5.32 Å². The molecule has 1 atom stereocenters. The van der Waals surface area contributed by atoms with Gasteiger partial charge in [-0.3, -0.25) is 9.59 Å². The first-order valence-corrected chi connectivity index (χ1v) is 6.75. The van der Waals surface area contributed by atoms with Crippen LogP contribution in [0.1, 0.15) is 22.0 Å². The molecule has 0 bridgehead atoms. The lowest BCUT2D eigenvalue weighted by Gasteiger charge is -2.17. The second-order valence-electron chi connectivity index (χ2n) is 4.28. The van der Waals surface area contributed by atoms with Gasteiger partial charge in [-0.25, -0.2) is 0 Å². The fraction of sp³-hybridized carbons (Fsp3) is 0.125. The van der Waals surface area contributed by atoms with Crippen molar-refractivity contribution in [3.63, 3.8) is 0 Å². The molecular formula is C16H14ClNO2. The number of carbonyl (C=O) groups is 2. The number of alkyl halides is 1. The summed E-state index contributed by atoms with van der Waals surface area (Å²) >= 11 is 5.51. The van der Waals surface area contributed by atoms with E-state index in [4.69, 9.17) is 11.6 Å². The zero-order valence-electron chi connectivity index (χ0n) is 10.8. The lowest BCUT2D eigenvalue weighted by molar-refractivity contribution is -0.119. The molecule has 0 aliphatic carbocycles. The highest BCUT2D eigenvalue weighted by molar-refractivity contribution is 6.27. The third kappa shape index (κ3) is 3.45. The summed E-state index contributed by atoms with van der Waals surface area (Å²) in [5.41, 5.74) is 1.29. The van der Waals surface area contributed by atoms with Crippen LogP contribution in [-0.4, -0.2) is 17.6 Å². The van der Waals surface area contributed by atoms with Crippen LogP contribution in [0, 0.1) is 0 Å². The van der Waals surface area contributed by atoms with Crippen molar-refractivity contribution in [2.75, 3.05) is 5.88 Å². The first-order valence-electron chi connectivity index (χ1n) is 6.22. The molecular weight excluding hydrogens is 274 g/mol. The molecule has 102 valence electrons. The van der Waals surface area contributed by atoms with Gasteiger partial charge in [-0.2, -0.15) is 0 Å². The van der Waals surface area contributed by atoms with Crippen LogP contribution in [-0.2, 0) is 4.79 Å². The Kier molecular flexibility index (Phi) is 4.91. The number of carbonyl (C=O) groups excluding carboxylic acids is 2. The number of Topliss-reactive ketones (excluding diaryl/α,β-unsaturated/α-hetero) is 1. The normalized spacial score (nSPS) is 11.7. The van der Waals surface area contributed by atoms with Crippen molar-refractivity contribution < 1.29 is 9.59 Å². The first kappa shape index (κ1) is 14.3. The van der Waals surface area contributed by atoms with E-state index in [1.165, 1.54) is 0 Å². The van der Waals surface area contributed by atoms with Gasteiger partial charge in [0.15, 0.2) is 5.78 Å². The van der Waals surface area contributed by atoms with Crippen LogP contribution in [0.2, 0.25) is 0 Å². The maximum Gasteiger partial charge on any atom is 0.235 e. The standard InChI is InChI=1S/C16H14ClNO2/c17-11-14(19)18-15(12-7-3-1-4-8-12)16(20)13-9-5-2-6-10-13/h1-10,15H,11H2,(H,18,19). The highest BCUT2D eigenvalue weighted by Gasteiger charge is 2.23. The van der Waals surface area contributed by atoms with Crippen LogP contribution in [0.3, 0.4) is 0 Å². The summed E-state index contributed by atoms with van der Waals surface area (Å²) in [4.78, 5) is 24.1. The van der Waals surface area contributed by atoms with E-state index >= 15 is 0 Å². The Morgan fingerprint density at radius 2 is 1.50 bits per heavy atom. The van der Waals surface area contributed by atoms with Crippen molar-refractivity contribution in [3.8, 4) is 0 Å². The minimum Gasteiger partial charge on any atom is -0.341 e. The van der Waals surface area contributed by atoms with Gasteiger partial charge in [-0.15, -0.1) is 11.6 Å². The molecule has 0 saturated carbocycles. The molecule has 0 spiro atoms. The zero-order valence-corrected chi connectivity index (χ0v) is 11.5. The maximum atomic E-state index is 12.5. The predicted molar refractivity (Wildman–Crippen MR) is 78.8 cm³/mol. The molecule has 2 aromatic carbocycles. The smallest absolute Gasteiger partial charge is 0.235 e. The summed E-state index contributed by atoms with van der Waals surface area (Å²) in [5.74, 6) is -0.703. The van der Waals surface area contributed by atoms with Gasteiger partial charge in [-0.05, 0) is 5.56 Å². The van der Waals surface area contributed by atoms with Gasteiger partial charge in [0, 0.05) is 5.56 Å². The van der Waals surface area contributed by atoms with Gasteiger partial charge in [0.2, 0.25) is 5.91 Å². The van der Waals surface area contributed by atoms with E-state index in [1.54, 1.807) is 36.4 Å². The number of halogens is 1. The number of rotatable bonds is 5. The molecule has 2 aromatic rings. The van der Waals surface area contributed by atoms with Crippen LogP contribution in [0.5, 0.6) is 0 Å². The summed E-state index contributed by atoms with van der Waals surface area (Å²) in [6.45, 7) is 0. The number of ketones is 1. The summed E-state index contributed by atoms with van der Waals surface area (Å²) in [5, 5.41) is 2.66. The van der Waals surface area contributed by atoms with Crippen molar-refractivity contribution in [1.29, 1.82) is 0 Å². The van der Waals surface area contributed by atoms with E-state index < -0.39 is 6.04 Å². The average Bonchev–Trinajstić information content (AvgIpc) is 2.53. The fourth-order valence-electron chi connectivity index (χ4n) is 1.91. The van der Waals surface area contributed by atoms with Gasteiger partial charge in [0.05, 0.1) is 0 Å². The van der Waals surface area contributed by atoms with Gasteiger partial charge in [-0.1, -0.05) is 60.7 Å². The molecule has 1 N–H and O–H groups in total. The zero-order chi connectivity index (χ0) is 14.4. The fourth-order valence-corrected chi connectivity index (χ4v) is 1.99. The van der Waals surface area contributed by atoms with E-state index in [0.29, 0.717) is 5.56 Å². The molecule has 0 aromatic heterocycles. The Hall–Kier alpha value is -2.13. The maximum absolute atomic E-state index is 12.5. The first-order chi connectivity index (χ1) is 9.72. The molecule has 0 fully saturated rings. The molecule has 0 heterocycles. The van der Waals surface area contributed by atoms with Crippen LogP contribution >= 0.6 is 11.6 Å². The second-order valence-corrected chi connectivity index (χ2v) is 4.54. The Bertz CT molecular complexity index is 584. The molecule has 0 aliphatic rings. The van der Waals surface area contributed by atoms with Gasteiger partial charge < -0.3 is 5.32 Å². The number of benzene rings is 2. The number of hydrogen-bond donors (Lipinski definition) is 1. The van der Waals surface area contributed by atoms with E-state index in [1.807, 2.05) is 24.3 Å². The third-order valence-corrected chi connectivity index (χ3v) is 3.12. The topological polar surface area (TPSA) is 46.2 Å². The Balaban J connectivity index is 2.32. The minimum absolute atomic E-state index is 0.157. The van der Waals surface area contributed by atoms with Gasteiger partial charge >= 0.3 is 0 Å². The van der Waals surface area contributed by atoms with Crippen LogP contribution in [0.25, 0.3) is 0 Å².